The average molecular weight is 347 g/mol. The number of halogens is 1. The van der Waals surface area contributed by atoms with Gasteiger partial charge in [0.15, 0.2) is 11.2 Å². The van der Waals surface area contributed by atoms with Crippen LogP contribution in [0.2, 0.25) is 5.02 Å². The van der Waals surface area contributed by atoms with Crippen LogP contribution in [0.15, 0.2) is 39.0 Å². The number of rotatable bonds is 4. The molecule has 124 valence electrons. The first-order valence-corrected chi connectivity index (χ1v) is 7.45. The molecule has 0 spiro atoms. The lowest BCUT2D eigenvalue weighted by atomic mass is 10.2. The minimum Gasteiger partial charge on any atom is -0.298 e. The molecule has 0 radical (unpaired) electrons. The number of nitrogens with zero attached hydrogens (tertiary/aromatic N) is 5. The minimum atomic E-state index is -0.451. The van der Waals surface area contributed by atoms with Gasteiger partial charge in [0.05, 0.1) is 6.54 Å². The summed E-state index contributed by atoms with van der Waals surface area (Å²) in [6.45, 7) is 3.67. The second-order valence-electron chi connectivity index (χ2n) is 5.26. The Balaban J connectivity index is 2.35. The van der Waals surface area contributed by atoms with Crippen LogP contribution in [0.1, 0.15) is 5.56 Å². The second-order valence-corrected chi connectivity index (χ2v) is 5.67. The maximum atomic E-state index is 12.6. The number of aryl methyl sites for hydroxylation is 1. The lowest BCUT2D eigenvalue weighted by molar-refractivity contribution is 0.702. The molecule has 0 saturated heterocycles. The molecule has 3 aromatic rings. The van der Waals surface area contributed by atoms with Crippen LogP contribution in [-0.4, -0.2) is 25.4 Å². The van der Waals surface area contributed by atoms with E-state index in [-0.39, 0.29) is 11.2 Å². The van der Waals surface area contributed by atoms with Gasteiger partial charge < -0.3 is 0 Å². The topological polar surface area (TPSA) is 86.2 Å². The summed E-state index contributed by atoms with van der Waals surface area (Å²) in [6, 6.07) is 7.30. The summed E-state index contributed by atoms with van der Waals surface area (Å²) in [4.78, 5) is 29.0. The highest BCUT2D eigenvalue weighted by molar-refractivity contribution is 6.31. The molecule has 24 heavy (non-hydrogen) atoms. The Morgan fingerprint density at radius 3 is 2.62 bits per heavy atom. The Morgan fingerprint density at radius 1 is 1.25 bits per heavy atom. The Bertz CT molecular complexity index is 1060. The van der Waals surface area contributed by atoms with Gasteiger partial charge in [0, 0.05) is 25.8 Å². The molecule has 0 bridgehead atoms. The van der Waals surface area contributed by atoms with Crippen LogP contribution < -0.4 is 16.7 Å². The van der Waals surface area contributed by atoms with E-state index >= 15 is 0 Å². The van der Waals surface area contributed by atoms with E-state index in [0.29, 0.717) is 17.5 Å². The van der Waals surface area contributed by atoms with Gasteiger partial charge in [0.1, 0.15) is 0 Å². The maximum absolute atomic E-state index is 12.6. The van der Waals surface area contributed by atoms with Gasteiger partial charge >= 0.3 is 5.69 Å². The van der Waals surface area contributed by atoms with E-state index in [4.69, 9.17) is 11.6 Å². The molecule has 0 aliphatic carbocycles. The normalized spacial score (nSPS) is 11.0. The second kappa shape index (κ2) is 5.97. The van der Waals surface area contributed by atoms with E-state index in [1.165, 1.54) is 11.6 Å². The zero-order chi connectivity index (χ0) is 17.4. The molecular weight excluding hydrogens is 332 g/mol. The molecule has 9 heteroatoms. The van der Waals surface area contributed by atoms with Gasteiger partial charge in [-0.25, -0.2) is 10.2 Å². The van der Waals surface area contributed by atoms with Crippen LogP contribution in [0.25, 0.3) is 11.2 Å². The van der Waals surface area contributed by atoms with Gasteiger partial charge in [-0.3, -0.25) is 18.5 Å². The SMILES string of the molecule is C=NNc1nc2c(c(=O)n(C)c(=O)n2C)n1Cc1ccccc1Cl. The molecule has 1 aromatic carbocycles. The summed E-state index contributed by atoms with van der Waals surface area (Å²) in [5.41, 5.74) is 3.12. The minimum absolute atomic E-state index is 0.265. The van der Waals surface area contributed by atoms with E-state index in [2.05, 4.69) is 22.2 Å². The van der Waals surface area contributed by atoms with Crippen molar-refractivity contribution in [1.29, 1.82) is 0 Å². The number of nitrogens with one attached hydrogen (secondary N) is 1. The smallest absolute Gasteiger partial charge is 0.298 e. The summed E-state index contributed by atoms with van der Waals surface area (Å²) in [5, 5.41) is 4.19. The zero-order valence-electron chi connectivity index (χ0n) is 13.2. The van der Waals surface area contributed by atoms with Crippen molar-refractivity contribution < 1.29 is 0 Å². The van der Waals surface area contributed by atoms with Crippen molar-refractivity contribution >= 4 is 35.4 Å². The fraction of sp³-hybridized carbons (Fsp3) is 0.200. The lowest BCUT2D eigenvalue weighted by Crippen LogP contribution is -2.37. The molecule has 0 amide bonds. The fourth-order valence-electron chi connectivity index (χ4n) is 2.55. The number of hydrogen-bond acceptors (Lipinski definition) is 5. The first-order chi connectivity index (χ1) is 11.5. The van der Waals surface area contributed by atoms with E-state index < -0.39 is 11.2 Å². The Hall–Kier alpha value is -2.87. The van der Waals surface area contributed by atoms with Crippen LogP contribution in [0.4, 0.5) is 5.95 Å². The summed E-state index contributed by atoms with van der Waals surface area (Å²) >= 11 is 6.22. The lowest BCUT2D eigenvalue weighted by Gasteiger charge is -2.10. The van der Waals surface area contributed by atoms with Crippen molar-refractivity contribution in [2.24, 2.45) is 19.2 Å². The molecule has 3 rings (SSSR count). The van der Waals surface area contributed by atoms with Gasteiger partial charge in [-0.1, -0.05) is 29.8 Å². The molecule has 0 saturated carbocycles. The third-order valence-electron chi connectivity index (χ3n) is 3.81. The monoisotopic (exact) mass is 346 g/mol. The number of imidazole rings is 1. The van der Waals surface area contributed by atoms with Crippen LogP contribution in [0.3, 0.4) is 0 Å². The van der Waals surface area contributed by atoms with Crippen molar-refractivity contribution in [3.8, 4) is 0 Å². The highest BCUT2D eigenvalue weighted by atomic mass is 35.5. The Kier molecular flexibility index (Phi) is 3.98. The molecule has 0 aliphatic rings. The van der Waals surface area contributed by atoms with Crippen LogP contribution in [0.5, 0.6) is 0 Å². The van der Waals surface area contributed by atoms with E-state index in [0.717, 1.165) is 10.1 Å². The number of fused-ring (bicyclic) bond motifs is 1. The summed E-state index contributed by atoms with van der Waals surface area (Å²) in [7, 11) is 2.98. The van der Waals surface area contributed by atoms with Crippen molar-refractivity contribution in [2.45, 2.75) is 6.54 Å². The summed E-state index contributed by atoms with van der Waals surface area (Å²) in [6.07, 6.45) is 0. The highest BCUT2D eigenvalue weighted by Gasteiger charge is 2.19. The van der Waals surface area contributed by atoms with Gasteiger partial charge in [-0.15, -0.1) is 0 Å². The van der Waals surface area contributed by atoms with Crippen molar-refractivity contribution in [1.82, 2.24) is 18.7 Å². The van der Waals surface area contributed by atoms with Gasteiger partial charge in [-0.2, -0.15) is 10.1 Å². The largest absolute Gasteiger partial charge is 0.332 e. The van der Waals surface area contributed by atoms with E-state index in [1.807, 2.05) is 18.2 Å². The summed E-state index contributed by atoms with van der Waals surface area (Å²) in [5.74, 6) is 0.304. The van der Waals surface area contributed by atoms with Crippen molar-refractivity contribution in [2.75, 3.05) is 5.43 Å². The molecule has 2 heterocycles. The first-order valence-electron chi connectivity index (χ1n) is 7.07. The first kappa shape index (κ1) is 16.0. The number of hydrazone groups is 1. The third kappa shape index (κ3) is 2.41. The predicted octanol–water partition coefficient (Wildman–Crippen LogP) is 1.16. The predicted molar refractivity (Wildman–Crippen MR) is 93.9 cm³/mol. The van der Waals surface area contributed by atoms with Crippen LogP contribution >= 0.6 is 11.6 Å². The molecule has 0 unspecified atom stereocenters. The van der Waals surface area contributed by atoms with Crippen LogP contribution in [-0.2, 0) is 20.6 Å². The average Bonchev–Trinajstić information content (AvgIpc) is 2.92. The number of anilines is 1. The maximum Gasteiger partial charge on any atom is 0.332 e. The van der Waals surface area contributed by atoms with Gasteiger partial charge in [0.2, 0.25) is 5.95 Å². The van der Waals surface area contributed by atoms with E-state index in [1.54, 1.807) is 17.7 Å². The molecule has 0 fully saturated rings. The number of benzene rings is 1. The molecule has 2 aromatic heterocycles. The molecule has 0 atom stereocenters. The summed E-state index contributed by atoms with van der Waals surface area (Å²) < 4.78 is 3.99. The molecule has 1 N–H and O–H groups in total. The van der Waals surface area contributed by atoms with Gasteiger partial charge in [0.25, 0.3) is 5.56 Å². The molecular formula is C15H15ClN6O2. The third-order valence-corrected chi connectivity index (χ3v) is 4.18. The Morgan fingerprint density at radius 2 is 1.96 bits per heavy atom. The van der Waals surface area contributed by atoms with Crippen molar-refractivity contribution in [3.05, 3.63) is 55.7 Å². The number of hydrogen-bond donors (Lipinski definition) is 1. The molecule has 8 nitrogen and oxygen atoms in total. The zero-order valence-corrected chi connectivity index (χ0v) is 13.9. The standard InChI is InChI=1S/C15H15ClN6O2/c1-17-19-14-18-12-11(13(23)21(3)15(24)20(12)2)22(14)8-9-6-4-5-7-10(9)16/h4-7H,1,8H2,2-3H3,(H,18,19). The van der Waals surface area contributed by atoms with E-state index in [9.17, 15) is 9.59 Å². The fourth-order valence-corrected chi connectivity index (χ4v) is 2.75. The molecule has 0 aliphatic heterocycles. The number of aromatic nitrogens is 4. The highest BCUT2D eigenvalue weighted by Crippen LogP contribution is 2.21. The van der Waals surface area contributed by atoms with Crippen LogP contribution in [0, 0.1) is 0 Å². The van der Waals surface area contributed by atoms with Crippen molar-refractivity contribution in [3.63, 3.8) is 0 Å². The van der Waals surface area contributed by atoms with Gasteiger partial charge in [-0.05, 0) is 11.6 Å². The quantitative estimate of drug-likeness (QED) is 0.567. The Labute approximate surface area is 141 Å².